The zero-order valence-corrected chi connectivity index (χ0v) is 15.0. The van der Waals surface area contributed by atoms with Crippen LogP contribution in [-0.4, -0.2) is 48.9 Å². The summed E-state index contributed by atoms with van der Waals surface area (Å²) >= 11 is 0. The largest absolute Gasteiger partial charge is 0.381 e. The van der Waals surface area contributed by atoms with Crippen molar-refractivity contribution in [3.8, 4) is 0 Å². The second kappa shape index (κ2) is 8.94. The maximum atomic E-state index is 12.2. The van der Waals surface area contributed by atoms with Crippen molar-refractivity contribution in [3.05, 3.63) is 35.4 Å². The van der Waals surface area contributed by atoms with Gasteiger partial charge in [-0.05, 0) is 50.2 Å². The van der Waals surface area contributed by atoms with E-state index in [4.69, 9.17) is 4.74 Å². The van der Waals surface area contributed by atoms with Crippen molar-refractivity contribution in [2.45, 2.75) is 38.5 Å². The molecule has 0 bridgehead atoms. The minimum Gasteiger partial charge on any atom is -0.381 e. The van der Waals surface area contributed by atoms with E-state index in [2.05, 4.69) is 5.32 Å². The normalized spacial score (nSPS) is 17.5. The first-order valence-corrected chi connectivity index (χ1v) is 9.46. The zero-order chi connectivity index (χ0) is 18.4. The van der Waals surface area contributed by atoms with Gasteiger partial charge in [0.25, 0.3) is 11.8 Å². The Hall–Kier alpha value is -2.21. The molecule has 0 saturated carbocycles. The number of ether oxygens (including phenoxy) is 1. The fourth-order valence-corrected chi connectivity index (χ4v) is 3.58. The predicted octanol–water partition coefficient (Wildman–Crippen LogP) is 2.39. The van der Waals surface area contributed by atoms with Crippen LogP contribution in [-0.2, 0) is 9.53 Å². The van der Waals surface area contributed by atoms with E-state index in [1.165, 1.54) is 4.90 Å². The third kappa shape index (κ3) is 4.49. The van der Waals surface area contributed by atoms with E-state index >= 15 is 0 Å². The van der Waals surface area contributed by atoms with Crippen LogP contribution in [0.3, 0.4) is 0 Å². The minimum absolute atomic E-state index is 0.0198. The molecule has 1 N–H and O–H groups in total. The first kappa shape index (κ1) is 18.6. The van der Waals surface area contributed by atoms with Gasteiger partial charge in [0, 0.05) is 32.7 Å². The van der Waals surface area contributed by atoms with Gasteiger partial charge >= 0.3 is 0 Å². The number of carbonyl (C=O) groups excluding carboxylic acids is 3. The Morgan fingerprint density at radius 1 is 1.08 bits per heavy atom. The Balaban J connectivity index is 1.32. The van der Waals surface area contributed by atoms with Gasteiger partial charge in [-0.15, -0.1) is 0 Å². The van der Waals surface area contributed by atoms with E-state index in [0.29, 0.717) is 30.5 Å². The first-order valence-electron chi connectivity index (χ1n) is 9.46. The Bertz CT molecular complexity index is 633. The van der Waals surface area contributed by atoms with Gasteiger partial charge < -0.3 is 10.1 Å². The number of nitrogens with zero attached hydrogens (tertiary/aromatic N) is 1. The summed E-state index contributed by atoms with van der Waals surface area (Å²) < 4.78 is 5.34. The fourth-order valence-electron chi connectivity index (χ4n) is 3.58. The Morgan fingerprint density at radius 2 is 1.73 bits per heavy atom. The lowest BCUT2D eigenvalue weighted by molar-refractivity contribution is -0.121. The predicted molar refractivity (Wildman–Crippen MR) is 96.8 cm³/mol. The molecule has 1 aromatic carbocycles. The average Bonchev–Trinajstić information content (AvgIpc) is 2.91. The summed E-state index contributed by atoms with van der Waals surface area (Å²) in [6, 6.07) is 6.84. The maximum Gasteiger partial charge on any atom is 0.261 e. The highest BCUT2D eigenvalue weighted by Crippen LogP contribution is 2.22. The van der Waals surface area contributed by atoms with Gasteiger partial charge in [0.15, 0.2) is 0 Å². The number of nitrogens with one attached hydrogen (secondary N) is 1. The molecule has 0 spiro atoms. The maximum absolute atomic E-state index is 12.2. The quantitative estimate of drug-likeness (QED) is 0.572. The highest BCUT2D eigenvalue weighted by Gasteiger charge is 2.34. The van der Waals surface area contributed by atoms with Gasteiger partial charge in [-0.2, -0.15) is 0 Å². The Kier molecular flexibility index (Phi) is 6.39. The summed E-state index contributed by atoms with van der Waals surface area (Å²) in [5.41, 5.74) is 0.908. The van der Waals surface area contributed by atoms with Crippen LogP contribution in [0.4, 0.5) is 0 Å². The number of carbonyl (C=O) groups is 3. The molecule has 1 fully saturated rings. The number of hydrogen-bond donors (Lipinski definition) is 1. The molecule has 6 heteroatoms. The topological polar surface area (TPSA) is 75.7 Å². The zero-order valence-electron chi connectivity index (χ0n) is 15.0. The number of imide groups is 1. The lowest BCUT2D eigenvalue weighted by atomic mass is 9.95. The second-order valence-electron chi connectivity index (χ2n) is 6.96. The summed E-state index contributed by atoms with van der Waals surface area (Å²) in [5, 5.41) is 2.93. The smallest absolute Gasteiger partial charge is 0.261 e. The molecule has 6 nitrogen and oxygen atoms in total. The summed E-state index contributed by atoms with van der Waals surface area (Å²) in [7, 11) is 0. The van der Waals surface area contributed by atoms with Crippen LogP contribution in [0.1, 0.15) is 59.2 Å². The molecule has 3 amide bonds. The number of amides is 3. The highest BCUT2D eigenvalue weighted by molar-refractivity contribution is 6.21. The van der Waals surface area contributed by atoms with Crippen LogP contribution in [0.5, 0.6) is 0 Å². The lowest BCUT2D eigenvalue weighted by Crippen LogP contribution is -2.32. The van der Waals surface area contributed by atoms with Crippen LogP contribution in [0, 0.1) is 5.92 Å². The van der Waals surface area contributed by atoms with E-state index in [1.807, 2.05) is 0 Å². The van der Waals surface area contributed by atoms with Crippen molar-refractivity contribution >= 4 is 17.7 Å². The van der Waals surface area contributed by atoms with Crippen molar-refractivity contribution in [2.75, 3.05) is 26.3 Å². The molecule has 2 aliphatic rings. The monoisotopic (exact) mass is 358 g/mol. The van der Waals surface area contributed by atoms with Crippen molar-refractivity contribution in [1.29, 1.82) is 0 Å². The van der Waals surface area contributed by atoms with Crippen molar-refractivity contribution in [3.63, 3.8) is 0 Å². The van der Waals surface area contributed by atoms with Crippen molar-refractivity contribution in [2.24, 2.45) is 5.92 Å². The van der Waals surface area contributed by atoms with Gasteiger partial charge in [-0.1, -0.05) is 12.1 Å². The summed E-state index contributed by atoms with van der Waals surface area (Å²) in [5.74, 6) is 0.174. The molecule has 0 aromatic heterocycles. The molecule has 1 saturated heterocycles. The fraction of sp³-hybridized carbons (Fsp3) is 0.550. The van der Waals surface area contributed by atoms with Crippen LogP contribution in [0.15, 0.2) is 24.3 Å². The average molecular weight is 358 g/mol. The number of fused-ring (bicyclic) bond motifs is 1. The molecule has 0 atom stereocenters. The highest BCUT2D eigenvalue weighted by atomic mass is 16.5. The Morgan fingerprint density at radius 3 is 2.38 bits per heavy atom. The Labute approximate surface area is 153 Å². The first-order chi connectivity index (χ1) is 12.7. The summed E-state index contributed by atoms with van der Waals surface area (Å²) in [6.07, 6.45) is 5.15. The second-order valence-corrected chi connectivity index (χ2v) is 6.96. The van der Waals surface area contributed by atoms with Crippen molar-refractivity contribution < 1.29 is 19.1 Å². The van der Waals surface area contributed by atoms with E-state index in [9.17, 15) is 14.4 Å². The molecular weight excluding hydrogens is 332 g/mol. The molecule has 2 heterocycles. The van der Waals surface area contributed by atoms with E-state index in [1.54, 1.807) is 24.3 Å². The van der Waals surface area contributed by atoms with Gasteiger partial charge in [0.05, 0.1) is 11.1 Å². The number of hydrogen-bond acceptors (Lipinski definition) is 4. The number of rotatable bonds is 8. The number of benzene rings is 1. The van der Waals surface area contributed by atoms with E-state index in [-0.39, 0.29) is 24.3 Å². The molecule has 0 aliphatic carbocycles. The summed E-state index contributed by atoms with van der Waals surface area (Å²) in [4.78, 5) is 37.6. The molecule has 0 radical (unpaired) electrons. The van der Waals surface area contributed by atoms with E-state index in [0.717, 1.165) is 44.8 Å². The van der Waals surface area contributed by atoms with Gasteiger partial charge in [0.2, 0.25) is 5.91 Å². The summed E-state index contributed by atoms with van der Waals surface area (Å²) in [6.45, 7) is 2.68. The van der Waals surface area contributed by atoms with Crippen LogP contribution in [0.25, 0.3) is 0 Å². The molecule has 3 rings (SSSR count). The van der Waals surface area contributed by atoms with Crippen LogP contribution >= 0.6 is 0 Å². The molecule has 2 aliphatic heterocycles. The van der Waals surface area contributed by atoms with Gasteiger partial charge in [0.1, 0.15) is 0 Å². The van der Waals surface area contributed by atoms with Crippen LogP contribution < -0.4 is 5.32 Å². The molecule has 1 aromatic rings. The third-order valence-electron chi connectivity index (χ3n) is 5.12. The molecule has 0 unspecified atom stereocenters. The van der Waals surface area contributed by atoms with Crippen molar-refractivity contribution in [1.82, 2.24) is 10.2 Å². The molecule has 26 heavy (non-hydrogen) atoms. The molecular formula is C20H26N2O4. The molecule has 140 valence electrons. The lowest BCUT2D eigenvalue weighted by Gasteiger charge is -2.21. The third-order valence-corrected chi connectivity index (χ3v) is 5.12. The van der Waals surface area contributed by atoms with Gasteiger partial charge in [-0.25, -0.2) is 0 Å². The standard InChI is InChI=1S/C20H26N2O4/c23-18(21-11-3-5-15-9-13-26-14-10-15)8-4-12-22-19(24)16-6-1-2-7-17(16)20(22)25/h1-2,6-7,15H,3-5,8-14H2,(H,21,23). The minimum atomic E-state index is -0.262. The van der Waals surface area contributed by atoms with Gasteiger partial charge in [-0.3, -0.25) is 19.3 Å². The SMILES string of the molecule is O=C(CCCN1C(=O)c2ccccc2C1=O)NCCCC1CCOCC1. The van der Waals surface area contributed by atoms with Crippen LogP contribution in [0.2, 0.25) is 0 Å². The van der Waals surface area contributed by atoms with E-state index < -0.39 is 0 Å².